The molecule has 3 aromatic carbocycles. The van der Waals surface area contributed by atoms with Gasteiger partial charge in [-0.1, -0.05) is 29.8 Å². The Morgan fingerprint density at radius 3 is 2.62 bits per heavy atom. The first-order valence-electron chi connectivity index (χ1n) is 12.0. The predicted molar refractivity (Wildman–Crippen MR) is 158 cm³/mol. The SMILES string of the molecule is Cc1cc(C)c2oc(-c3cc(NC(=S)NC(=O)/C=C/c4ccc(-c5ccc(C)c(Cl)c5)o4)ccc3O)nc2c1. The van der Waals surface area contributed by atoms with Gasteiger partial charge in [-0.3, -0.25) is 10.1 Å². The summed E-state index contributed by atoms with van der Waals surface area (Å²) in [6.45, 7) is 5.86. The van der Waals surface area contributed by atoms with Crippen LogP contribution in [0.3, 0.4) is 0 Å². The molecule has 0 saturated heterocycles. The number of nitrogens with zero attached hydrogens (tertiary/aromatic N) is 1. The fourth-order valence-electron chi connectivity index (χ4n) is 4.09. The van der Waals surface area contributed by atoms with Gasteiger partial charge in [0, 0.05) is 22.3 Å². The third-order valence-corrected chi connectivity index (χ3v) is 6.64. The summed E-state index contributed by atoms with van der Waals surface area (Å²) >= 11 is 11.5. The molecule has 0 radical (unpaired) electrons. The number of thiocarbonyl (C=S) groups is 1. The number of aromatic hydroxyl groups is 1. The molecule has 39 heavy (non-hydrogen) atoms. The first-order chi connectivity index (χ1) is 18.7. The van der Waals surface area contributed by atoms with Gasteiger partial charge in [0.2, 0.25) is 11.8 Å². The minimum Gasteiger partial charge on any atom is -0.507 e. The highest BCUT2D eigenvalue weighted by molar-refractivity contribution is 7.80. The minimum absolute atomic E-state index is 0.00472. The molecule has 2 aromatic heterocycles. The molecular weight excluding hydrogens is 534 g/mol. The molecule has 0 bridgehead atoms. The number of anilines is 1. The van der Waals surface area contributed by atoms with Crippen molar-refractivity contribution >= 4 is 57.7 Å². The smallest absolute Gasteiger partial charge is 0.250 e. The van der Waals surface area contributed by atoms with Gasteiger partial charge in [-0.05, 0) is 98.2 Å². The Kier molecular flexibility index (Phi) is 7.24. The molecule has 0 spiro atoms. The molecule has 3 N–H and O–H groups in total. The monoisotopic (exact) mass is 557 g/mol. The molecule has 0 aliphatic heterocycles. The summed E-state index contributed by atoms with van der Waals surface area (Å²) in [5.41, 5.74) is 6.16. The van der Waals surface area contributed by atoms with E-state index in [0.29, 0.717) is 38.9 Å². The highest BCUT2D eigenvalue weighted by Crippen LogP contribution is 2.34. The summed E-state index contributed by atoms with van der Waals surface area (Å²) in [5.74, 6) is 0.991. The standard InChI is InChI=1S/C30H24ClN3O4S/c1-16-12-18(3)28-24(13-16)33-29(38-28)22-15-20(6-9-25(22)35)32-30(39)34-27(36)11-8-21-7-10-26(37-21)19-5-4-17(2)23(31)14-19/h4-15,35H,1-3H3,(H2,32,34,36,39)/b11-8+. The lowest BCUT2D eigenvalue weighted by Crippen LogP contribution is -2.32. The highest BCUT2D eigenvalue weighted by atomic mass is 35.5. The van der Waals surface area contributed by atoms with E-state index in [0.717, 1.165) is 22.3 Å². The van der Waals surface area contributed by atoms with Gasteiger partial charge in [0.05, 0.1) is 5.56 Å². The van der Waals surface area contributed by atoms with Crippen LogP contribution in [-0.4, -0.2) is 21.1 Å². The lowest BCUT2D eigenvalue weighted by atomic mass is 10.1. The van der Waals surface area contributed by atoms with Crippen LogP contribution in [0.5, 0.6) is 5.75 Å². The number of phenols is 1. The van der Waals surface area contributed by atoms with Gasteiger partial charge in [-0.25, -0.2) is 4.98 Å². The van der Waals surface area contributed by atoms with E-state index in [1.165, 1.54) is 12.1 Å². The molecule has 2 heterocycles. The number of rotatable bonds is 5. The molecule has 5 rings (SSSR count). The normalized spacial score (nSPS) is 11.3. The van der Waals surface area contributed by atoms with Gasteiger partial charge in [0.15, 0.2) is 10.7 Å². The molecule has 196 valence electrons. The molecule has 0 aliphatic rings. The van der Waals surface area contributed by atoms with Crippen LogP contribution in [0.1, 0.15) is 22.5 Å². The van der Waals surface area contributed by atoms with Gasteiger partial charge in [0.25, 0.3) is 0 Å². The van der Waals surface area contributed by atoms with Crippen LogP contribution in [0.25, 0.3) is 40.0 Å². The van der Waals surface area contributed by atoms with E-state index in [-0.39, 0.29) is 16.8 Å². The Labute approximate surface area is 235 Å². The third kappa shape index (κ3) is 5.87. The van der Waals surface area contributed by atoms with Crippen molar-refractivity contribution in [3.63, 3.8) is 0 Å². The van der Waals surface area contributed by atoms with Gasteiger partial charge in [0.1, 0.15) is 22.8 Å². The number of carbonyl (C=O) groups is 1. The Morgan fingerprint density at radius 2 is 1.82 bits per heavy atom. The van der Waals surface area contributed by atoms with Crippen LogP contribution in [0.2, 0.25) is 5.02 Å². The van der Waals surface area contributed by atoms with Crippen molar-refractivity contribution in [3.8, 4) is 28.5 Å². The van der Waals surface area contributed by atoms with Crippen molar-refractivity contribution in [1.29, 1.82) is 0 Å². The number of fused-ring (bicyclic) bond motifs is 1. The number of phenolic OH excluding ortho intramolecular Hbond substituents is 1. The number of hydrogen-bond acceptors (Lipinski definition) is 6. The van der Waals surface area contributed by atoms with E-state index >= 15 is 0 Å². The first kappa shape index (κ1) is 26.2. The highest BCUT2D eigenvalue weighted by Gasteiger charge is 2.15. The van der Waals surface area contributed by atoms with Crippen molar-refractivity contribution in [2.75, 3.05) is 5.32 Å². The van der Waals surface area contributed by atoms with Crippen molar-refractivity contribution in [3.05, 3.63) is 94.2 Å². The summed E-state index contributed by atoms with van der Waals surface area (Å²) in [6, 6.07) is 18.0. The van der Waals surface area contributed by atoms with Gasteiger partial charge in [-0.15, -0.1) is 0 Å². The number of aryl methyl sites for hydroxylation is 3. The molecule has 7 nitrogen and oxygen atoms in total. The van der Waals surface area contributed by atoms with Crippen LogP contribution in [0.15, 0.2) is 75.6 Å². The van der Waals surface area contributed by atoms with E-state index in [1.54, 1.807) is 24.3 Å². The largest absolute Gasteiger partial charge is 0.507 e. The van der Waals surface area contributed by atoms with Crippen molar-refractivity contribution in [2.45, 2.75) is 20.8 Å². The van der Waals surface area contributed by atoms with E-state index in [4.69, 9.17) is 32.7 Å². The number of benzene rings is 3. The van der Waals surface area contributed by atoms with Gasteiger partial charge in [-0.2, -0.15) is 0 Å². The molecule has 1 amide bonds. The maximum atomic E-state index is 12.4. The van der Waals surface area contributed by atoms with Crippen LogP contribution in [0.4, 0.5) is 5.69 Å². The topological polar surface area (TPSA) is 101 Å². The Bertz CT molecular complexity index is 1770. The fourth-order valence-corrected chi connectivity index (χ4v) is 4.49. The predicted octanol–water partition coefficient (Wildman–Crippen LogP) is 7.57. The number of hydrogen-bond donors (Lipinski definition) is 3. The number of carbonyl (C=O) groups excluding carboxylic acids is 1. The van der Waals surface area contributed by atoms with Crippen molar-refractivity contribution in [1.82, 2.24) is 10.3 Å². The Hall–Kier alpha value is -4.40. The van der Waals surface area contributed by atoms with E-state index in [2.05, 4.69) is 15.6 Å². The second-order valence-corrected chi connectivity index (χ2v) is 9.94. The average molecular weight is 558 g/mol. The first-order valence-corrected chi connectivity index (χ1v) is 12.8. The molecule has 0 aliphatic carbocycles. The molecule has 5 aromatic rings. The summed E-state index contributed by atoms with van der Waals surface area (Å²) in [6.07, 6.45) is 2.87. The van der Waals surface area contributed by atoms with Gasteiger partial charge < -0.3 is 19.3 Å². The summed E-state index contributed by atoms with van der Waals surface area (Å²) in [7, 11) is 0. The van der Waals surface area contributed by atoms with Gasteiger partial charge >= 0.3 is 0 Å². The van der Waals surface area contributed by atoms with Crippen molar-refractivity contribution in [2.24, 2.45) is 0 Å². The number of amides is 1. The molecule has 0 saturated carbocycles. The van der Waals surface area contributed by atoms with E-state index in [9.17, 15) is 9.90 Å². The van der Waals surface area contributed by atoms with E-state index in [1.807, 2.05) is 57.2 Å². The van der Waals surface area contributed by atoms with Crippen LogP contribution in [-0.2, 0) is 4.79 Å². The quantitative estimate of drug-likeness (QED) is 0.116. The van der Waals surface area contributed by atoms with Crippen LogP contribution in [0, 0.1) is 20.8 Å². The fraction of sp³-hybridized carbons (Fsp3) is 0.100. The number of furan rings is 1. The molecular formula is C30H24ClN3O4S. The second kappa shape index (κ2) is 10.8. The summed E-state index contributed by atoms with van der Waals surface area (Å²) < 4.78 is 11.7. The molecule has 9 heteroatoms. The molecule has 0 unspecified atom stereocenters. The third-order valence-electron chi connectivity index (χ3n) is 6.02. The zero-order valence-corrected chi connectivity index (χ0v) is 22.9. The maximum absolute atomic E-state index is 12.4. The Balaban J connectivity index is 1.24. The lowest BCUT2D eigenvalue weighted by Gasteiger charge is -2.10. The number of halogens is 1. The lowest BCUT2D eigenvalue weighted by molar-refractivity contribution is -0.115. The summed E-state index contributed by atoms with van der Waals surface area (Å²) in [5, 5.41) is 16.7. The van der Waals surface area contributed by atoms with E-state index < -0.39 is 5.91 Å². The zero-order valence-electron chi connectivity index (χ0n) is 21.3. The molecule has 0 atom stereocenters. The molecule has 0 fully saturated rings. The number of oxazole rings is 1. The zero-order chi connectivity index (χ0) is 27.7. The number of aromatic nitrogens is 1. The summed E-state index contributed by atoms with van der Waals surface area (Å²) in [4.78, 5) is 17.0. The average Bonchev–Trinajstić information content (AvgIpc) is 3.53. The second-order valence-electron chi connectivity index (χ2n) is 9.12. The maximum Gasteiger partial charge on any atom is 0.250 e. The Morgan fingerprint density at radius 1 is 1.00 bits per heavy atom. The minimum atomic E-state index is -0.437. The van der Waals surface area contributed by atoms with Crippen LogP contribution >= 0.6 is 23.8 Å². The van der Waals surface area contributed by atoms with Crippen molar-refractivity contribution < 1.29 is 18.7 Å². The number of nitrogens with one attached hydrogen (secondary N) is 2. The van der Waals surface area contributed by atoms with Crippen LogP contribution < -0.4 is 10.6 Å².